The van der Waals surface area contributed by atoms with E-state index in [2.05, 4.69) is 20.8 Å². The Morgan fingerprint density at radius 1 is 1.19 bits per heavy atom. The van der Waals surface area contributed by atoms with Gasteiger partial charge in [0.15, 0.2) is 5.82 Å². The molecule has 0 saturated carbocycles. The minimum atomic E-state index is -0.288. The Hall–Kier alpha value is -2.44. The van der Waals surface area contributed by atoms with Crippen LogP contribution in [0, 0.1) is 5.82 Å². The van der Waals surface area contributed by atoms with Gasteiger partial charge in [0.05, 0.1) is 6.54 Å². The van der Waals surface area contributed by atoms with Crippen LogP contribution in [-0.2, 0) is 26.1 Å². The van der Waals surface area contributed by atoms with Crippen LogP contribution >= 0.6 is 0 Å². The van der Waals surface area contributed by atoms with Crippen molar-refractivity contribution in [2.45, 2.75) is 32.5 Å². The summed E-state index contributed by atoms with van der Waals surface area (Å²) in [6.07, 6.45) is 2.03. The maximum Gasteiger partial charge on any atom is 0.315 e. The summed E-state index contributed by atoms with van der Waals surface area (Å²) in [7, 11) is 0. The van der Waals surface area contributed by atoms with Crippen molar-refractivity contribution < 1.29 is 9.18 Å². The Bertz CT molecular complexity index is 637. The molecule has 2 aromatic rings. The van der Waals surface area contributed by atoms with Crippen LogP contribution in [0.1, 0.15) is 23.6 Å². The minimum Gasteiger partial charge on any atom is -0.334 e. The van der Waals surface area contributed by atoms with Crippen molar-refractivity contribution >= 4 is 6.03 Å². The van der Waals surface area contributed by atoms with Crippen molar-refractivity contribution in [1.82, 2.24) is 25.4 Å². The lowest BCUT2D eigenvalue weighted by molar-refractivity contribution is 0.239. The molecule has 0 atom stereocenters. The van der Waals surface area contributed by atoms with Crippen molar-refractivity contribution in [3.8, 4) is 0 Å². The van der Waals surface area contributed by atoms with Gasteiger partial charge in [-0.05, 0) is 24.1 Å². The molecule has 0 bridgehead atoms. The van der Waals surface area contributed by atoms with E-state index in [1.54, 1.807) is 12.1 Å². The van der Waals surface area contributed by atoms with Gasteiger partial charge in [0, 0.05) is 19.5 Å². The highest BCUT2D eigenvalue weighted by Gasteiger charge is 2.17. The van der Waals surface area contributed by atoms with Gasteiger partial charge in [-0.3, -0.25) is 0 Å². The Morgan fingerprint density at radius 3 is 2.76 bits per heavy atom. The summed E-state index contributed by atoms with van der Waals surface area (Å²) in [5.74, 6) is 1.47. The average Bonchev–Trinajstić information content (AvgIpc) is 3.08. The molecule has 0 radical (unpaired) electrons. The quantitative estimate of drug-likeness (QED) is 0.892. The van der Waals surface area contributed by atoms with E-state index >= 15 is 0 Å². The molecule has 0 fully saturated rings. The fraction of sp³-hybridized carbons (Fsp3) is 0.357. The normalized spacial score (nSPS) is 13.0. The van der Waals surface area contributed by atoms with E-state index in [1.807, 2.05) is 4.57 Å². The van der Waals surface area contributed by atoms with E-state index in [9.17, 15) is 9.18 Å². The second kappa shape index (κ2) is 5.90. The van der Waals surface area contributed by atoms with Gasteiger partial charge in [-0.2, -0.15) is 0 Å². The number of hydrogen-bond acceptors (Lipinski definition) is 3. The van der Waals surface area contributed by atoms with E-state index in [-0.39, 0.29) is 11.8 Å². The van der Waals surface area contributed by atoms with Gasteiger partial charge >= 0.3 is 6.03 Å². The van der Waals surface area contributed by atoms with Crippen LogP contribution in [-0.4, -0.2) is 20.8 Å². The number of nitrogens with one attached hydrogen (secondary N) is 2. The van der Waals surface area contributed by atoms with Gasteiger partial charge in [0.25, 0.3) is 0 Å². The number of carbonyl (C=O) groups is 1. The first-order valence-corrected chi connectivity index (χ1v) is 6.89. The zero-order valence-corrected chi connectivity index (χ0v) is 11.5. The standard InChI is InChI=1S/C14H16FN5O/c15-11-5-3-10(4-6-11)8-16-14(21)17-9-13-19-18-12-2-1-7-20(12)13/h3-6H,1-2,7-9H2,(H2,16,17,21). The summed E-state index contributed by atoms with van der Waals surface area (Å²) in [4.78, 5) is 11.7. The van der Waals surface area contributed by atoms with Gasteiger partial charge in [0.1, 0.15) is 11.6 Å². The lowest BCUT2D eigenvalue weighted by Crippen LogP contribution is -2.35. The van der Waals surface area contributed by atoms with Gasteiger partial charge in [0.2, 0.25) is 0 Å². The first-order chi connectivity index (χ1) is 10.2. The summed E-state index contributed by atoms with van der Waals surface area (Å²) in [5, 5.41) is 13.6. The number of benzene rings is 1. The molecule has 3 rings (SSSR count). The Balaban J connectivity index is 1.47. The Morgan fingerprint density at radius 2 is 1.95 bits per heavy atom. The topological polar surface area (TPSA) is 71.8 Å². The van der Waals surface area contributed by atoms with Crippen LogP contribution in [0.25, 0.3) is 0 Å². The van der Waals surface area contributed by atoms with Crippen molar-refractivity contribution in [1.29, 1.82) is 0 Å². The van der Waals surface area contributed by atoms with Crippen molar-refractivity contribution in [3.63, 3.8) is 0 Å². The average molecular weight is 289 g/mol. The van der Waals surface area contributed by atoms with E-state index in [1.165, 1.54) is 12.1 Å². The summed E-state index contributed by atoms with van der Waals surface area (Å²) in [5.41, 5.74) is 0.843. The number of urea groups is 1. The number of amides is 2. The molecule has 2 amide bonds. The van der Waals surface area contributed by atoms with Crippen molar-refractivity contribution in [3.05, 3.63) is 47.3 Å². The zero-order chi connectivity index (χ0) is 14.7. The lowest BCUT2D eigenvalue weighted by Gasteiger charge is -2.08. The highest BCUT2D eigenvalue weighted by molar-refractivity contribution is 5.73. The Kier molecular flexibility index (Phi) is 3.81. The van der Waals surface area contributed by atoms with Gasteiger partial charge in [-0.15, -0.1) is 10.2 Å². The van der Waals surface area contributed by atoms with E-state index < -0.39 is 0 Å². The molecule has 0 aliphatic carbocycles. The summed E-state index contributed by atoms with van der Waals surface area (Å²) in [6.45, 7) is 1.61. The van der Waals surface area contributed by atoms with E-state index in [4.69, 9.17) is 0 Å². The van der Waals surface area contributed by atoms with Crippen LogP contribution in [0.5, 0.6) is 0 Å². The van der Waals surface area contributed by atoms with Crippen LogP contribution in [0.3, 0.4) is 0 Å². The molecule has 110 valence electrons. The highest BCUT2D eigenvalue weighted by atomic mass is 19.1. The number of carbonyl (C=O) groups excluding carboxylic acids is 1. The van der Waals surface area contributed by atoms with Crippen molar-refractivity contribution in [2.24, 2.45) is 0 Å². The predicted octanol–water partition coefficient (Wildman–Crippen LogP) is 1.36. The molecule has 0 unspecified atom stereocenters. The molecule has 2 N–H and O–H groups in total. The first-order valence-electron chi connectivity index (χ1n) is 6.89. The zero-order valence-electron chi connectivity index (χ0n) is 11.5. The highest BCUT2D eigenvalue weighted by Crippen LogP contribution is 2.13. The molecule has 1 aromatic heterocycles. The fourth-order valence-corrected chi connectivity index (χ4v) is 2.35. The van der Waals surface area contributed by atoms with Gasteiger partial charge < -0.3 is 15.2 Å². The molecule has 1 aliphatic rings. The largest absolute Gasteiger partial charge is 0.334 e. The van der Waals surface area contributed by atoms with Crippen LogP contribution < -0.4 is 10.6 Å². The molecule has 7 heteroatoms. The smallest absolute Gasteiger partial charge is 0.315 e. The number of aryl methyl sites for hydroxylation is 1. The number of halogens is 1. The van der Waals surface area contributed by atoms with Crippen molar-refractivity contribution in [2.75, 3.05) is 0 Å². The monoisotopic (exact) mass is 289 g/mol. The Labute approximate surface area is 121 Å². The molecule has 1 aromatic carbocycles. The number of nitrogens with zero attached hydrogens (tertiary/aromatic N) is 3. The first kappa shape index (κ1) is 13.5. The maximum absolute atomic E-state index is 12.8. The van der Waals surface area contributed by atoms with Crippen LogP contribution in [0.2, 0.25) is 0 Å². The third-order valence-electron chi connectivity index (χ3n) is 3.46. The second-order valence-corrected chi connectivity index (χ2v) is 4.95. The third-order valence-corrected chi connectivity index (χ3v) is 3.46. The van der Waals surface area contributed by atoms with Crippen LogP contribution in [0.4, 0.5) is 9.18 Å². The molecule has 0 saturated heterocycles. The number of aromatic nitrogens is 3. The summed E-state index contributed by atoms with van der Waals surface area (Å²) in [6, 6.07) is 5.74. The van der Waals surface area contributed by atoms with Gasteiger partial charge in [-0.1, -0.05) is 12.1 Å². The maximum atomic E-state index is 12.8. The lowest BCUT2D eigenvalue weighted by atomic mass is 10.2. The summed E-state index contributed by atoms with van der Waals surface area (Å²) >= 11 is 0. The molecule has 0 spiro atoms. The number of hydrogen-bond donors (Lipinski definition) is 2. The molecule has 6 nitrogen and oxygen atoms in total. The molecule has 2 heterocycles. The molecule has 1 aliphatic heterocycles. The fourth-order valence-electron chi connectivity index (χ4n) is 2.35. The predicted molar refractivity (Wildman–Crippen MR) is 73.8 cm³/mol. The second-order valence-electron chi connectivity index (χ2n) is 4.95. The number of rotatable bonds is 4. The van der Waals surface area contributed by atoms with E-state index in [0.717, 1.165) is 36.6 Å². The van der Waals surface area contributed by atoms with E-state index in [0.29, 0.717) is 13.1 Å². The molecular weight excluding hydrogens is 273 g/mol. The SMILES string of the molecule is O=C(NCc1ccc(F)cc1)NCc1nnc2n1CCC2. The van der Waals surface area contributed by atoms with Crippen LogP contribution in [0.15, 0.2) is 24.3 Å². The minimum absolute atomic E-state index is 0.283. The number of fused-ring (bicyclic) bond motifs is 1. The molecular formula is C14H16FN5O. The summed E-state index contributed by atoms with van der Waals surface area (Å²) < 4.78 is 14.8. The molecule has 21 heavy (non-hydrogen) atoms. The third kappa shape index (κ3) is 3.18. The van der Waals surface area contributed by atoms with Gasteiger partial charge in [-0.25, -0.2) is 9.18 Å².